The fourth-order valence-electron chi connectivity index (χ4n) is 1.68. The molecule has 1 N–H and O–H groups in total. The number of hydrogen-bond donors (Lipinski definition) is 1. The molecule has 2 rings (SSSR count). The highest BCUT2D eigenvalue weighted by molar-refractivity contribution is 7.89. The van der Waals surface area contributed by atoms with Gasteiger partial charge in [-0.15, -0.1) is 0 Å². The van der Waals surface area contributed by atoms with Crippen LogP contribution in [-0.4, -0.2) is 42.7 Å². The van der Waals surface area contributed by atoms with Crippen molar-refractivity contribution >= 4 is 21.5 Å². The Morgan fingerprint density at radius 2 is 2.11 bits per heavy atom. The molecule has 0 unspecified atom stereocenters. The molecular formula is C11H16N4O2S. The van der Waals surface area contributed by atoms with Crippen LogP contribution in [0.5, 0.6) is 0 Å². The summed E-state index contributed by atoms with van der Waals surface area (Å²) in [6, 6.07) is 5.37. The minimum Gasteiger partial charge on any atom is -0.368 e. The standard InChI is InChI=1S/C11H16N4O2S/c1-4-12-10-11(18(16,17)14(2)3)15-8-6-5-7-9(15)13-10/h5-8,12H,4H2,1-3H3. The van der Waals surface area contributed by atoms with Gasteiger partial charge in [-0.05, 0) is 19.1 Å². The molecular weight excluding hydrogens is 252 g/mol. The molecule has 0 aromatic carbocycles. The summed E-state index contributed by atoms with van der Waals surface area (Å²) in [7, 11) is -0.527. The highest BCUT2D eigenvalue weighted by Gasteiger charge is 2.26. The van der Waals surface area contributed by atoms with Crippen molar-refractivity contribution in [1.29, 1.82) is 0 Å². The molecule has 0 radical (unpaired) electrons. The van der Waals surface area contributed by atoms with E-state index in [4.69, 9.17) is 0 Å². The lowest BCUT2D eigenvalue weighted by molar-refractivity contribution is 0.516. The quantitative estimate of drug-likeness (QED) is 0.899. The number of pyridine rings is 1. The lowest BCUT2D eigenvalue weighted by atomic mass is 10.5. The van der Waals surface area contributed by atoms with Crippen LogP contribution in [0.3, 0.4) is 0 Å². The zero-order chi connectivity index (χ0) is 13.3. The number of nitrogens with zero attached hydrogens (tertiary/aromatic N) is 3. The number of fused-ring (bicyclic) bond motifs is 1. The fraction of sp³-hybridized carbons (Fsp3) is 0.364. The summed E-state index contributed by atoms with van der Waals surface area (Å²) in [5, 5.41) is 3.16. The lowest BCUT2D eigenvalue weighted by Crippen LogP contribution is -2.24. The summed E-state index contributed by atoms with van der Waals surface area (Å²) >= 11 is 0. The molecule has 0 aliphatic heterocycles. The van der Waals surface area contributed by atoms with E-state index < -0.39 is 10.0 Å². The van der Waals surface area contributed by atoms with E-state index in [0.29, 0.717) is 18.0 Å². The second-order valence-corrected chi connectivity index (χ2v) is 6.08. The molecule has 0 bridgehead atoms. The van der Waals surface area contributed by atoms with Crippen molar-refractivity contribution in [3.05, 3.63) is 24.4 Å². The zero-order valence-electron chi connectivity index (χ0n) is 10.6. The molecule has 2 aromatic rings. The summed E-state index contributed by atoms with van der Waals surface area (Å²) in [4.78, 5) is 4.30. The molecule has 98 valence electrons. The van der Waals surface area contributed by atoms with Crippen LogP contribution in [0.15, 0.2) is 29.4 Å². The van der Waals surface area contributed by atoms with Crippen molar-refractivity contribution in [2.24, 2.45) is 0 Å². The van der Waals surface area contributed by atoms with Crippen LogP contribution in [0.25, 0.3) is 5.65 Å². The van der Waals surface area contributed by atoms with E-state index in [1.807, 2.05) is 13.0 Å². The van der Waals surface area contributed by atoms with Crippen LogP contribution in [0.4, 0.5) is 5.82 Å². The van der Waals surface area contributed by atoms with Gasteiger partial charge in [-0.2, -0.15) is 0 Å². The van der Waals surface area contributed by atoms with Crippen LogP contribution < -0.4 is 5.32 Å². The van der Waals surface area contributed by atoms with E-state index in [1.165, 1.54) is 18.4 Å². The molecule has 0 saturated carbocycles. The van der Waals surface area contributed by atoms with Crippen molar-refractivity contribution in [3.8, 4) is 0 Å². The molecule has 7 heteroatoms. The molecule has 0 aliphatic rings. The van der Waals surface area contributed by atoms with Crippen molar-refractivity contribution < 1.29 is 8.42 Å². The van der Waals surface area contributed by atoms with E-state index in [1.54, 1.807) is 22.7 Å². The van der Waals surface area contributed by atoms with E-state index in [-0.39, 0.29) is 5.03 Å². The van der Waals surface area contributed by atoms with Crippen LogP contribution in [0.2, 0.25) is 0 Å². The maximum Gasteiger partial charge on any atom is 0.262 e. The molecule has 18 heavy (non-hydrogen) atoms. The Kier molecular flexibility index (Phi) is 3.27. The first-order valence-corrected chi connectivity index (χ1v) is 7.06. The number of imidazole rings is 1. The number of sulfonamides is 1. The van der Waals surface area contributed by atoms with Gasteiger partial charge in [-0.25, -0.2) is 17.7 Å². The summed E-state index contributed by atoms with van der Waals surface area (Å²) < 4.78 is 27.4. The second-order valence-electron chi connectivity index (χ2n) is 4.01. The van der Waals surface area contributed by atoms with Gasteiger partial charge < -0.3 is 5.32 Å². The number of rotatable bonds is 4. The lowest BCUT2D eigenvalue weighted by Gasteiger charge is -2.12. The molecule has 2 aromatic heterocycles. The third-order valence-corrected chi connectivity index (χ3v) is 4.40. The van der Waals surface area contributed by atoms with Gasteiger partial charge in [0.2, 0.25) is 0 Å². The Balaban J connectivity index is 2.77. The second kappa shape index (κ2) is 4.58. The Morgan fingerprint density at radius 1 is 1.39 bits per heavy atom. The molecule has 6 nitrogen and oxygen atoms in total. The number of hydrogen-bond acceptors (Lipinski definition) is 4. The SMILES string of the molecule is CCNc1nc2ccccn2c1S(=O)(=O)N(C)C. The Bertz CT molecular complexity index is 661. The maximum absolute atomic E-state index is 12.3. The summed E-state index contributed by atoms with van der Waals surface area (Å²) in [5.41, 5.74) is 0.605. The van der Waals surface area contributed by atoms with E-state index in [9.17, 15) is 8.42 Å². The predicted molar refractivity (Wildman–Crippen MR) is 70.2 cm³/mol. The number of aromatic nitrogens is 2. The van der Waals surface area contributed by atoms with Crippen LogP contribution in [-0.2, 0) is 10.0 Å². The number of nitrogens with one attached hydrogen (secondary N) is 1. The summed E-state index contributed by atoms with van der Waals surface area (Å²) in [5.74, 6) is 0.386. The average molecular weight is 268 g/mol. The fourth-order valence-corrected chi connectivity index (χ4v) is 2.79. The molecule has 0 saturated heterocycles. The largest absolute Gasteiger partial charge is 0.368 e. The highest BCUT2D eigenvalue weighted by Crippen LogP contribution is 2.24. The molecule has 2 heterocycles. The van der Waals surface area contributed by atoms with Crippen molar-refractivity contribution in [1.82, 2.24) is 13.7 Å². The van der Waals surface area contributed by atoms with Crippen LogP contribution in [0.1, 0.15) is 6.92 Å². The van der Waals surface area contributed by atoms with E-state index in [0.717, 1.165) is 0 Å². The van der Waals surface area contributed by atoms with Crippen molar-refractivity contribution in [2.75, 3.05) is 26.0 Å². The molecule has 0 aliphatic carbocycles. The first-order chi connectivity index (χ1) is 8.48. The van der Waals surface area contributed by atoms with Crippen LogP contribution >= 0.6 is 0 Å². The van der Waals surface area contributed by atoms with Gasteiger partial charge in [0.15, 0.2) is 10.8 Å². The van der Waals surface area contributed by atoms with Gasteiger partial charge >= 0.3 is 0 Å². The summed E-state index contributed by atoms with van der Waals surface area (Å²) in [6.07, 6.45) is 1.69. The van der Waals surface area contributed by atoms with E-state index >= 15 is 0 Å². The van der Waals surface area contributed by atoms with Gasteiger partial charge in [0.1, 0.15) is 5.65 Å². The topological polar surface area (TPSA) is 66.7 Å². The molecule has 0 amide bonds. The zero-order valence-corrected chi connectivity index (χ0v) is 11.4. The van der Waals surface area contributed by atoms with Crippen molar-refractivity contribution in [3.63, 3.8) is 0 Å². The summed E-state index contributed by atoms with van der Waals surface area (Å²) in [6.45, 7) is 2.51. The third-order valence-electron chi connectivity index (χ3n) is 2.56. The number of anilines is 1. The van der Waals surface area contributed by atoms with Crippen molar-refractivity contribution in [2.45, 2.75) is 11.9 Å². The first kappa shape index (κ1) is 12.8. The van der Waals surface area contributed by atoms with Gasteiger partial charge in [-0.3, -0.25) is 4.40 Å². The highest BCUT2D eigenvalue weighted by atomic mass is 32.2. The van der Waals surface area contributed by atoms with Gasteiger partial charge in [-0.1, -0.05) is 6.07 Å². The average Bonchev–Trinajstić information content (AvgIpc) is 2.67. The Labute approximate surface area is 106 Å². The minimum absolute atomic E-state index is 0.171. The van der Waals surface area contributed by atoms with Crippen LogP contribution in [0, 0.1) is 0 Å². The molecule has 0 atom stereocenters. The van der Waals surface area contributed by atoms with Gasteiger partial charge in [0.25, 0.3) is 10.0 Å². The monoisotopic (exact) mass is 268 g/mol. The maximum atomic E-state index is 12.3. The third kappa shape index (κ3) is 1.95. The molecule has 0 spiro atoms. The molecule has 0 fully saturated rings. The Hall–Kier alpha value is -1.60. The first-order valence-electron chi connectivity index (χ1n) is 5.62. The van der Waals surface area contributed by atoms with Gasteiger partial charge in [0.05, 0.1) is 0 Å². The van der Waals surface area contributed by atoms with Gasteiger partial charge in [0, 0.05) is 26.8 Å². The normalized spacial score (nSPS) is 12.2. The smallest absolute Gasteiger partial charge is 0.262 e. The predicted octanol–water partition coefficient (Wildman–Crippen LogP) is 1.02. The van der Waals surface area contributed by atoms with E-state index in [2.05, 4.69) is 10.3 Å². The minimum atomic E-state index is -3.54. The Morgan fingerprint density at radius 3 is 2.72 bits per heavy atom.